The first-order valence-corrected chi connectivity index (χ1v) is 8.00. The van der Waals surface area contributed by atoms with Crippen LogP contribution in [0, 0.1) is 34.6 Å². The van der Waals surface area contributed by atoms with Gasteiger partial charge in [-0.15, -0.1) is 0 Å². The molecule has 0 aliphatic carbocycles. The van der Waals surface area contributed by atoms with Gasteiger partial charge in [0.2, 0.25) is 5.91 Å². The molecule has 0 saturated heterocycles. The van der Waals surface area contributed by atoms with Crippen LogP contribution in [-0.2, 0) is 11.2 Å². The van der Waals surface area contributed by atoms with Gasteiger partial charge in [-0.3, -0.25) is 4.79 Å². The van der Waals surface area contributed by atoms with E-state index in [1.54, 1.807) is 0 Å². The van der Waals surface area contributed by atoms with Gasteiger partial charge in [0.1, 0.15) is 0 Å². The molecular formula is C20H26N2O. The van der Waals surface area contributed by atoms with E-state index in [9.17, 15) is 4.79 Å². The van der Waals surface area contributed by atoms with Crippen LogP contribution in [-0.4, -0.2) is 11.9 Å². The van der Waals surface area contributed by atoms with E-state index < -0.39 is 6.04 Å². The smallest absolute Gasteiger partial charge is 0.241 e. The van der Waals surface area contributed by atoms with Crippen molar-refractivity contribution in [2.45, 2.75) is 47.1 Å². The highest BCUT2D eigenvalue weighted by molar-refractivity contribution is 5.96. The first-order valence-electron chi connectivity index (χ1n) is 8.00. The second-order valence-electron chi connectivity index (χ2n) is 6.29. The maximum atomic E-state index is 12.5. The maximum absolute atomic E-state index is 12.5. The van der Waals surface area contributed by atoms with Crippen LogP contribution in [0.25, 0.3) is 0 Å². The van der Waals surface area contributed by atoms with E-state index in [-0.39, 0.29) is 5.91 Å². The summed E-state index contributed by atoms with van der Waals surface area (Å²) >= 11 is 0. The second kappa shape index (κ2) is 6.97. The monoisotopic (exact) mass is 310 g/mol. The molecule has 0 bridgehead atoms. The summed E-state index contributed by atoms with van der Waals surface area (Å²) in [5, 5.41) is 3.04. The predicted molar refractivity (Wildman–Crippen MR) is 96.9 cm³/mol. The van der Waals surface area contributed by atoms with Gasteiger partial charge in [0.25, 0.3) is 0 Å². The summed E-state index contributed by atoms with van der Waals surface area (Å²) in [4.78, 5) is 12.5. The molecule has 2 aromatic rings. The van der Waals surface area contributed by atoms with E-state index in [0.717, 1.165) is 22.4 Å². The Morgan fingerprint density at radius 1 is 0.913 bits per heavy atom. The molecule has 0 aromatic heterocycles. The van der Waals surface area contributed by atoms with E-state index in [1.165, 1.54) is 16.7 Å². The van der Waals surface area contributed by atoms with Crippen molar-refractivity contribution in [2.24, 2.45) is 5.73 Å². The summed E-state index contributed by atoms with van der Waals surface area (Å²) < 4.78 is 0. The van der Waals surface area contributed by atoms with Crippen molar-refractivity contribution in [3.8, 4) is 0 Å². The first kappa shape index (κ1) is 17.2. The van der Waals surface area contributed by atoms with Crippen molar-refractivity contribution in [1.29, 1.82) is 0 Å². The molecule has 23 heavy (non-hydrogen) atoms. The fourth-order valence-corrected chi connectivity index (χ4v) is 2.86. The Hall–Kier alpha value is -2.13. The molecule has 122 valence electrons. The number of carbonyl (C=O) groups excluding carboxylic acids is 1. The van der Waals surface area contributed by atoms with Crippen LogP contribution < -0.4 is 11.1 Å². The molecule has 1 amide bonds. The third-order valence-electron chi connectivity index (χ3n) is 4.88. The molecule has 1 atom stereocenters. The molecule has 3 heteroatoms. The highest BCUT2D eigenvalue weighted by Gasteiger charge is 2.18. The van der Waals surface area contributed by atoms with Crippen molar-refractivity contribution in [1.82, 2.24) is 0 Å². The lowest BCUT2D eigenvalue weighted by atomic mass is 9.92. The molecule has 3 N–H and O–H groups in total. The maximum Gasteiger partial charge on any atom is 0.241 e. The van der Waals surface area contributed by atoms with Crippen molar-refractivity contribution >= 4 is 11.6 Å². The van der Waals surface area contributed by atoms with Crippen molar-refractivity contribution in [2.75, 3.05) is 5.32 Å². The zero-order valence-corrected chi connectivity index (χ0v) is 14.7. The van der Waals surface area contributed by atoms with Gasteiger partial charge in [-0.2, -0.15) is 0 Å². The molecule has 0 heterocycles. The number of benzene rings is 2. The number of nitrogens with two attached hydrogens (primary N) is 1. The molecule has 0 aliphatic rings. The number of hydrogen-bond acceptors (Lipinski definition) is 2. The van der Waals surface area contributed by atoms with Crippen LogP contribution in [0.5, 0.6) is 0 Å². The summed E-state index contributed by atoms with van der Waals surface area (Å²) in [6.07, 6.45) is 0.536. The Balaban J connectivity index is 2.20. The van der Waals surface area contributed by atoms with Crippen LogP contribution in [0.3, 0.4) is 0 Å². The average molecular weight is 310 g/mol. The van der Waals surface area contributed by atoms with Gasteiger partial charge in [-0.1, -0.05) is 30.3 Å². The minimum Gasteiger partial charge on any atom is -0.324 e. The Morgan fingerprint density at radius 3 is 1.91 bits per heavy atom. The lowest BCUT2D eigenvalue weighted by molar-refractivity contribution is -0.117. The van der Waals surface area contributed by atoms with Crippen LogP contribution >= 0.6 is 0 Å². The molecule has 0 radical (unpaired) electrons. The molecule has 2 aromatic carbocycles. The Labute approximate surface area is 138 Å². The van der Waals surface area contributed by atoms with Crippen LogP contribution in [0.2, 0.25) is 0 Å². The first-order chi connectivity index (χ1) is 10.8. The third kappa shape index (κ3) is 3.62. The zero-order valence-electron chi connectivity index (χ0n) is 14.7. The molecule has 0 spiro atoms. The minimum absolute atomic E-state index is 0.136. The number of nitrogens with one attached hydrogen (secondary N) is 1. The van der Waals surface area contributed by atoms with Crippen LogP contribution in [0.4, 0.5) is 5.69 Å². The molecular weight excluding hydrogens is 284 g/mol. The summed E-state index contributed by atoms with van der Waals surface area (Å²) in [6.45, 7) is 10.4. The molecule has 0 unspecified atom stereocenters. The van der Waals surface area contributed by atoms with Crippen molar-refractivity contribution in [3.63, 3.8) is 0 Å². The fourth-order valence-electron chi connectivity index (χ4n) is 2.86. The molecule has 3 nitrogen and oxygen atoms in total. The van der Waals surface area contributed by atoms with E-state index in [2.05, 4.69) is 26.1 Å². The van der Waals surface area contributed by atoms with E-state index in [1.807, 2.05) is 44.2 Å². The SMILES string of the molecule is Cc1c(C)c(C)c(NC(=O)[C@H](N)Cc2ccccc2)c(C)c1C. The molecule has 0 saturated carbocycles. The lowest BCUT2D eigenvalue weighted by Crippen LogP contribution is -2.37. The summed E-state index contributed by atoms with van der Waals surface area (Å²) in [7, 11) is 0. The largest absolute Gasteiger partial charge is 0.324 e. The second-order valence-corrected chi connectivity index (χ2v) is 6.29. The van der Waals surface area contributed by atoms with Gasteiger partial charge >= 0.3 is 0 Å². The summed E-state index contributed by atoms with van der Waals surface area (Å²) in [5.41, 5.74) is 14.0. The standard InChI is InChI=1S/C20H26N2O/c1-12-13(2)15(4)19(16(5)14(12)3)22-20(23)18(21)11-17-9-7-6-8-10-17/h6-10,18H,11,21H2,1-5H3,(H,22,23)/t18-/m1/s1. The predicted octanol–water partition coefficient (Wildman–Crippen LogP) is 3.74. The normalized spacial score (nSPS) is 12.1. The number of amides is 1. The third-order valence-corrected chi connectivity index (χ3v) is 4.88. The van der Waals surface area contributed by atoms with Gasteiger partial charge in [0.05, 0.1) is 6.04 Å². The van der Waals surface area contributed by atoms with Gasteiger partial charge in [-0.25, -0.2) is 0 Å². The molecule has 0 aliphatic heterocycles. The molecule has 2 rings (SSSR count). The van der Waals surface area contributed by atoms with Gasteiger partial charge in [0, 0.05) is 5.69 Å². The Morgan fingerprint density at radius 2 is 1.39 bits per heavy atom. The van der Waals surface area contributed by atoms with Crippen LogP contribution in [0.15, 0.2) is 30.3 Å². The van der Waals surface area contributed by atoms with Crippen LogP contribution in [0.1, 0.15) is 33.4 Å². The highest BCUT2D eigenvalue weighted by Crippen LogP contribution is 2.30. The number of hydrogen-bond donors (Lipinski definition) is 2. The van der Waals surface area contributed by atoms with E-state index in [0.29, 0.717) is 6.42 Å². The topological polar surface area (TPSA) is 55.1 Å². The van der Waals surface area contributed by atoms with Crippen molar-refractivity contribution < 1.29 is 4.79 Å². The van der Waals surface area contributed by atoms with Gasteiger partial charge in [0.15, 0.2) is 0 Å². The number of rotatable bonds is 4. The fraction of sp³-hybridized carbons (Fsp3) is 0.350. The lowest BCUT2D eigenvalue weighted by Gasteiger charge is -2.20. The Kier molecular flexibility index (Phi) is 5.22. The summed E-state index contributed by atoms with van der Waals surface area (Å²) in [6, 6.07) is 9.30. The van der Waals surface area contributed by atoms with Crippen molar-refractivity contribution in [3.05, 3.63) is 63.7 Å². The zero-order chi connectivity index (χ0) is 17.1. The number of carbonyl (C=O) groups is 1. The van der Waals surface area contributed by atoms with E-state index >= 15 is 0 Å². The Bertz CT molecular complexity index is 691. The average Bonchev–Trinajstić information content (AvgIpc) is 2.55. The van der Waals surface area contributed by atoms with E-state index in [4.69, 9.17) is 5.73 Å². The highest BCUT2D eigenvalue weighted by atomic mass is 16.2. The minimum atomic E-state index is -0.557. The van der Waals surface area contributed by atoms with Gasteiger partial charge < -0.3 is 11.1 Å². The van der Waals surface area contributed by atoms with Gasteiger partial charge in [-0.05, 0) is 74.4 Å². The number of anilines is 1. The quantitative estimate of drug-likeness (QED) is 0.904. The molecule has 0 fully saturated rings. The summed E-state index contributed by atoms with van der Waals surface area (Å²) in [5.74, 6) is -0.136.